The summed E-state index contributed by atoms with van der Waals surface area (Å²) in [5, 5.41) is 11.6. The largest absolute Gasteiger partial charge is 0.465 e. The van der Waals surface area contributed by atoms with Gasteiger partial charge in [-0.05, 0) is 30.2 Å². The van der Waals surface area contributed by atoms with Gasteiger partial charge < -0.3 is 15.0 Å². The number of ketones is 1. The zero-order valence-electron chi connectivity index (χ0n) is 14.8. The molecule has 7 nitrogen and oxygen atoms in total. The molecule has 2 aromatic rings. The molecule has 0 aliphatic carbocycles. The summed E-state index contributed by atoms with van der Waals surface area (Å²) in [7, 11) is 1.24. The number of methoxy groups -OCH3 is 1. The van der Waals surface area contributed by atoms with Gasteiger partial charge in [-0.2, -0.15) is 5.26 Å². The first-order chi connectivity index (χ1) is 12.4. The lowest BCUT2D eigenvalue weighted by Gasteiger charge is -2.07. The number of nitrogens with one attached hydrogen (secondary N) is 2. The van der Waals surface area contributed by atoms with E-state index < -0.39 is 5.97 Å². The van der Waals surface area contributed by atoms with Gasteiger partial charge in [-0.3, -0.25) is 9.59 Å². The molecule has 0 atom stereocenters. The number of nitriles is 1. The van der Waals surface area contributed by atoms with Gasteiger partial charge in [0, 0.05) is 19.2 Å². The Labute approximate surface area is 151 Å². The number of rotatable bonds is 6. The SMILES string of the molecule is COC(=O)c1c(CC(=O)NCc2cccc(C#N)c2)[nH]c(C(C)=O)c1C. The van der Waals surface area contributed by atoms with Gasteiger partial charge in [0.05, 0.1) is 36.4 Å². The number of carbonyl (C=O) groups is 3. The van der Waals surface area contributed by atoms with E-state index in [1.807, 2.05) is 6.07 Å². The molecule has 0 aliphatic heterocycles. The predicted molar refractivity (Wildman–Crippen MR) is 93.6 cm³/mol. The van der Waals surface area contributed by atoms with Gasteiger partial charge in [-0.15, -0.1) is 0 Å². The molecule has 2 rings (SSSR count). The lowest BCUT2D eigenvalue weighted by atomic mass is 10.1. The molecule has 0 spiro atoms. The lowest BCUT2D eigenvalue weighted by molar-refractivity contribution is -0.120. The van der Waals surface area contributed by atoms with Crippen molar-refractivity contribution in [1.82, 2.24) is 10.3 Å². The minimum atomic E-state index is -0.601. The van der Waals surface area contributed by atoms with Crippen LogP contribution in [0.15, 0.2) is 24.3 Å². The van der Waals surface area contributed by atoms with Crippen molar-refractivity contribution < 1.29 is 19.1 Å². The number of ether oxygens (including phenoxy) is 1. The summed E-state index contributed by atoms with van der Waals surface area (Å²) in [4.78, 5) is 38.8. The van der Waals surface area contributed by atoms with Gasteiger partial charge in [0.25, 0.3) is 0 Å². The fourth-order valence-corrected chi connectivity index (χ4v) is 2.70. The second-order valence-corrected chi connectivity index (χ2v) is 5.79. The maximum atomic E-state index is 12.3. The fourth-order valence-electron chi connectivity index (χ4n) is 2.70. The van der Waals surface area contributed by atoms with E-state index in [1.54, 1.807) is 31.2 Å². The second kappa shape index (κ2) is 8.12. The van der Waals surface area contributed by atoms with Crippen molar-refractivity contribution in [2.45, 2.75) is 26.8 Å². The number of hydrogen-bond donors (Lipinski definition) is 2. The first-order valence-electron chi connectivity index (χ1n) is 7.93. The highest BCUT2D eigenvalue weighted by molar-refractivity contribution is 6.01. The van der Waals surface area contributed by atoms with Gasteiger partial charge in [0.1, 0.15) is 0 Å². The molecule has 1 aromatic carbocycles. The second-order valence-electron chi connectivity index (χ2n) is 5.79. The molecule has 134 valence electrons. The van der Waals surface area contributed by atoms with Crippen LogP contribution in [0.2, 0.25) is 0 Å². The van der Waals surface area contributed by atoms with Crippen molar-refractivity contribution >= 4 is 17.7 Å². The van der Waals surface area contributed by atoms with Crippen LogP contribution in [0.4, 0.5) is 0 Å². The number of esters is 1. The van der Waals surface area contributed by atoms with Crippen molar-refractivity contribution in [1.29, 1.82) is 5.26 Å². The molecular formula is C19H19N3O4. The van der Waals surface area contributed by atoms with Gasteiger partial charge in [0.15, 0.2) is 5.78 Å². The molecule has 1 heterocycles. The maximum absolute atomic E-state index is 12.3. The third-order valence-corrected chi connectivity index (χ3v) is 3.95. The molecule has 0 aliphatic rings. The van der Waals surface area contributed by atoms with E-state index in [9.17, 15) is 14.4 Å². The Morgan fingerprint density at radius 2 is 2.04 bits per heavy atom. The summed E-state index contributed by atoms with van der Waals surface area (Å²) < 4.78 is 4.75. The monoisotopic (exact) mass is 353 g/mol. The highest BCUT2D eigenvalue weighted by atomic mass is 16.5. The zero-order chi connectivity index (χ0) is 19.3. The van der Waals surface area contributed by atoms with E-state index in [4.69, 9.17) is 10.00 Å². The smallest absolute Gasteiger partial charge is 0.339 e. The quantitative estimate of drug-likeness (QED) is 0.610. The van der Waals surface area contributed by atoms with Crippen LogP contribution in [0.1, 0.15) is 50.2 Å². The van der Waals surface area contributed by atoms with Crippen LogP contribution >= 0.6 is 0 Å². The summed E-state index contributed by atoms with van der Waals surface area (Å²) in [6.07, 6.45) is -0.101. The van der Waals surface area contributed by atoms with Gasteiger partial charge in [0.2, 0.25) is 5.91 Å². The molecular weight excluding hydrogens is 334 g/mol. The van der Waals surface area contributed by atoms with E-state index in [2.05, 4.69) is 10.3 Å². The first-order valence-corrected chi connectivity index (χ1v) is 7.93. The molecule has 0 bridgehead atoms. The van der Waals surface area contributed by atoms with Crippen molar-refractivity contribution in [3.05, 3.63) is 57.9 Å². The molecule has 0 saturated heterocycles. The lowest BCUT2D eigenvalue weighted by Crippen LogP contribution is -2.25. The van der Waals surface area contributed by atoms with Crippen molar-refractivity contribution in [2.24, 2.45) is 0 Å². The number of carbonyl (C=O) groups excluding carboxylic acids is 3. The number of Topliss-reactive ketones (excluding diaryl/α,β-unsaturated/α-hetero) is 1. The summed E-state index contributed by atoms with van der Waals surface area (Å²) in [5.41, 5.74) is 2.60. The summed E-state index contributed by atoms with van der Waals surface area (Å²) in [6, 6.07) is 8.94. The standard InChI is InChI=1S/C19H19N3O4/c1-11-17(19(25)26-3)15(22-18(11)12(2)23)8-16(24)21-10-14-6-4-5-13(7-14)9-20/h4-7,22H,8,10H2,1-3H3,(H,21,24). The molecule has 2 N–H and O–H groups in total. The highest BCUT2D eigenvalue weighted by Crippen LogP contribution is 2.20. The Kier molecular flexibility index (Phi) is 5.91. The fraction of sp³-hybridized carbons (Fsp3) is 0.263. The minimum absolute atomic E-state index is 0.101. The summed E-state index contributed by atoms with van der Waals surface area (Å²) in [5.74, 6) is -1.16. The van der Waals surface area contributed by atoms with Crippen molar-refractivity contribution in [3.8, 4) is 6.07 Å². The molecule has 0 fully saturated rings. The number of H-pyrrole nitrogens is 1. The number of aromatic nitrogens is 1. The normalized spacial score (nSPS) is 10.1. The Balaban J connectivity index is 2.15. The minimum Gasteiger partial charge on any atom is -0.465 e. The van der Waals surface area contributed by atoms with Crippen LogP contribution in [-0.4, -0.2) is 29.8 Å². The number of amides is 1. The molecule has 0 saturated carbocycles. The number of hydrogen-bond acceptors (Lipinski definition) is 5. The van der Waals surface area contributed by atoms with E-state index in [1.165, 1.54) is 14.0 Å². The third kappa shape index (κ3) is 4.16. The Hall–Kier alpha value is -3.40. The van der Waals surface area contributed by atoms with Crippen LogP contribution in [0.5, 0.6) is 0 Å². The van der Waals surface area contributed by atoms with E-state index in [0.29, 0.717) is 16.8 Å². The average Bonchev–Trinajstić information content (AvgIpc) is 2.95. The Morgan fingerprint density at radius 1 is 1.31 bits per heavy atom. The summed E-state index contributed by atoms with van der Waals surface area (Å²) >= 11 is 0. The van der Waals surface area contributed by atoms with Crippen molar-refractivity contribution in [2.75, 3.05) is 7.11 Å². The Bertz CT molecular complexity index is 906. The van der Waals surface area contributed by atoms with E-state index in [-0.39, 0.29) is 35.9 Å². The first kappa shape index (κ1) is 18.9. The Morgan fingerprint density at radius 3 is 2.65 bits per heavy atom. The topological polar surface area (TPSA) is 112 Å². The molecule has 7 heteroatoms. The molecule has 26 heavy (non-hydrogen) atoms. The van der Waals surface area contributed by atoms with Crippen LogP contribution in [0, 0.1) is 18.3 Å². The third-order valence-electron chi connectivity index (χ3n) is 3.95. The summed E-state index contributed by atoms with van der Waals surface area (Å²) in [6.45, 7) is 3.27. The molecule has 0 unspecified atom stereocenters. The molecule has 0 radical (unpaired) electrons. The van der Waals surface area contributed by atoms with E-state index >= 15 is 0 Å². The maximum Gasteiger partial charge on any atom is 0.339 e. The van der Waals surface area contributed by atoms with Gasteiger partial charge in [-0.1, -0.05) is 12.1 Å². The van der Waals surface area contributed by atoms with Gasteiger partial charge in [-0.25, -0.2) is 4.79 Å². The highest BCUT2D eigenvalue weighted by Gasteiger charge is 2.24. The van der Waals surface area contributed by atoms with Crippen LogP contribution in [-0.2, 0) is 22.5 Å². The average molecular weight is 353 g/mol. The predicted octanol–water partition coefficient (Wildman–Crippen LogP) is 2.04. The zero-order valence-corrected chi connectivity index (χ0v) is 14.8. The number of nitrogens with zero attached hydrogens (tertiary/aromatic N) is 1. The van der Waals surface area contributed by atoms with Gasteiger partial charge >= 0.3 is 5.97 Å². The molecule has 1 aromatic heterocycles. The number of aromatic amines is 1. The van der Waals surface area contributed by atoms with Crippen LogP contribution in [0.3, 0.4) is 0 Å². The molecule has 1 amide bonds. The van der Waals surface area contributed by atoms with Crippen LogP contribution < -0.4 is 5.32 Å². The van der Waals surface area contributed by atoms with Crippen LogP contribution in [0.25, 0.3) is 0 Å². The number of benzene rings is 1. The van der Waals surface area contributed by atoms with E-state index in [0.717, 1.165) is 5.56 Å². The van der Waals surface area contributed by atoms with Crippen molar-refractivity contribution in [3.63, 3.8) is 0 Å².